The quantitative estimate of drug-likeness (QED) is 0.555. The van der Waals surface area contributed by atoms with Crippen LogP contribution in [-0.2, 0) is 7.05 Å². The van der Waals surface area contributed by atoms with Crippen molar-refractivity contribution in [1.29, 1.82) is 0 Å². The van der Waals surface area contributed by atoms with E-state index < -0.39 is 0 Å². The van der Waals surface area contributed by atoms with Crippen LogP contribution in [-0.4, -0.2) is 73.9 Å². The monoisotopic (exact) mass is 390 g/mol. The SMILES string of the molecule is CN1CCN(C(=O)c2nn(C)c3cc(Nc4n[nH]c5cccnc45)ccc23)CC1. The van der Waals surface area contributed by atoms with Crippen LogP contribution >= 0.6 is 0 Å². The molecule has 0 spiro atoms. The second-order valence-electron chi connectivity index (χ2n) is 7.40. The van der Waals surface area contributed by atoms with E-state index in [4.69, 9.17) is 0 Å². The molecule has 4 heterocycles. The van der Waals surface area contributed by atoms with E-state index in [0.717, 1.165) is 53.8 Å². The van der Waals surface area contributed by atoms with Gasteiger partial charge >= 0.3 is 0 Å². The topological polar surface area (TPSA) is 95.0 Å². The van der Waals surface area contributed by atoms with E-state index in [1.807, 2.05) is 42.3 Å². The highest BCUT2D eigenvalue weighted by molar-refractivity contribution is 6.05. The van der Waals surface area contributed by atoms with E-state index in [1.54, 1.807) is 10.9 Å². The van der Waals surface area contributed by atoms with Crippen molar-refractivity contribution in [3.05, 3.63) is 42.2 Å². The van der Waals surface area contributed by atoms with Gasteiger partial charge in [0, 0.05) is 50.5 Å². The third-order valence-corrected chi connectivity index (χ3v) is 5.43. The van der Waals surface area contributed by atoms with E-state index in [-0.39, 0.29) is 5.91 Å². The minimum atomic E-state index is -0.00750. The zero-order chi connectivity index (χ0) is 20.0. The van der Waals surface area contributed by atoms with Gasteiger partial charge in [-0.2, -0.15) is 10.2 Å². The number of nitrogens with one attached hydrogen (secondary N) is 2. The number of aromatic amines is 1. The van der Waals surface area contributed by atoms with Crippen molar-refractivity contribution in [2.24, 2.45) is 7.05 Å². The lowest BCUT2D eigenvalue weighted by Gasteiger charge is -2.32. The van der Waals surface area contributed by atoms with Crippen LogP contribution in [0.2, 0.25) is 0 Å². The number of carbonyl (C=O) groups is 1. The number of piperazine rings is 1. The van der Waals surface area contributed by atoms with Crippen LogP contribution in [0.4, 0.5) is 11.5 Å². The molecule has 0 unspecified atom stereocenters. The average molecular weight is 390 g/mol. The highest BCUT2D eigenvalue weighted by atomic mass is 16.2. The molecule has 1 aromatic carbocycles. The van der Waals surface area contributed by atoms with Gasteiger partial charge in [0.25, 0.3) is 5.91 Å². The summed E-state index contributed by atoms with van der Waals surface area (Å²) in [6, 6.07) is 9.66. The van der Waals surface area contributed by atoms with Crippen LogP contribution in [0, 0.1) is 0 Å². The van der Waals surface area contributed by atoms with Gasteiger partial charge in [-0.15, -0.1) is 0 Å². The van der Waals surface area contributed by atoms with Crippen LogP contribution in [0.3, 0.4) is 0 Å². The molecule has 1 fully saturated rings. The Balaban J connectivity index is 1.45. The van der Waals surface area contributed by atoms with E-state index in [0.29, 0.717) is 11.5 Å². The summed E-state index contributed by atoms with van der Waals surface area (Å²) in [5.41, 5.74) is 3.91. The Labute approximate surface area is 167 Å². The highest BCUT2D eigenvalue weighted by Crippen LogP contribution is 2.27. The number of rotatable bonds is 3. The van der Waals surface area contributed by atoms with Crippen molar-refractivity contribution < 1.29 is 4.79 Å². The largest absolute Gasteiger partial charge is 0.337 e. The van der Waals surface area contributed by atoms with Crippen molar-refractivity contribution in [3.63, 3.8) is 0 Å². The maximum absolute atomic E-state index is 13.0. The minimum Gasteiger partial charge on any atom is -0.337 e. The molecule has 5 rings (SSSR count). The second kappa shape index (κ2) is 6.85. The third-order valence-electron chi connectivity index (χ3n) is 5.43. The van der Waals surface area contributed by atoms with Crippen LogP contribution in [0.15, 0.2) is 36.5 Å². The molecular weight excluding hydrogens is 368 g/mol. The number of benzene rings is 1. The van der Waals surface area contributed by atoms with Crippen LogP contribution < -0.4 is 5.32 Å². The average Bonchev–Trinajstić information content (AvgIpc) is 3.29. The van der Waals surface area contributed by atoms with Crippen LogP contribution in [0.25, 0.3) is 21.9 Å². The molecule has 1 aliphatic rings. The molecule has 1 saturated heterocycles. The number of fused-ring (bicyclic) bond motifs is 2. The van der Waals surface area contributed by atoms with Gasteiger partial charge in [0.1, 0.15) is 5.52 Å². The summed E-state index contributed by atoms with van der Waals surface area (Å²) in [5, 5.41) is 16.0. The number of hydrogen-bond donors (Lipinski definition) is 2. The molecule has 0 atom stereocenters. The first-order valence-corrected chi connectivity index (χ1v) is 9.61. The number of hydrogen-bond acceptors (Lipinski definition) is 6. The molecule has 4 aromatic rings. The lowest BCUT2D eigenvalue weighted by Crippen LogP contribution is -2.47. The Morgan fingerprint density at radius 1 is 1.14 bits per heavy atom. The van der Waals surface area contributed by atoms with Gasteiger partial charge in [0.2, 0.25) is 0 Å². The lowest BCUT2D eigenvalue weighted by molar-refractivity contribution is 0.0659. The number of anilines is 2. The van der Waals surface area contributed by atoms with Gasteiger partial charge in [-0.05, 0) is 37.4 Å². The minimum absolute atomic E-state index is 0.00750. The number of aryl methyl sites for hydroxylation is 1. The molecule has 9 nitrogen and oxygen atoms in total. The Morgan fingerprint density at radius 2 is 1.97 bits per heavy atom. The van der Waals surface area contributed by atoms with Gasteiger partial charge in [0.05, 0.1) is 11.0 Å². The zero-order valence-corrected chi connectivity index (χ0v) is 16.4. The summed E-state index contributed by atoms with van der Waals surface area (Å²) >= 11 is 0. The fourth-order valence-corrected chi connectivity index (χ4v) is 3.73. The molecule has 3 aromatic heterocycles. The standard InChI is InChI=1S/C20H22N8O/c1-26-8-10-28(11-9-26)20(29)17-14-6-5-13(12-16(14)27(2)25-17)22-19-18-15(23-24-19)4-3-7-21-18/h3-7,12H,8-11H2,1-2H3,(H2,22,23,24). The van der Waals surface area contributed by atoms with Crippen molar-refractivity contribution in [2.45, 2.75) is 0 Å². The van der Waals surface area contributed by atoms with Gasteiger partial charge in [0.15, 0.2) is 11.5 Å². The van der Waals surface area contributed by atoms with Crippen molar-refractivity contribution >= 4 is 39.3 Å². The predicted molar refractivity (Wildman–Crippen MR) is 111 cm³/mol. The van der Waals surface area contributed by atoms with Crippen LogP contribution in [0.5, 0.6) is 0 Å². The third kappa shape index (κ3) is 3.09. The van der Waals surface area contributed by atoms with Crippen LogP contribution in [0.1, 0.15) is 10.5 Å². The lowest BCUT2D eigenvalue weighted by atomic mass is 10.1. The molecule has 2 N–H and O–H groups in total. The number of likely N-dealkylation sites (N-methyl/N-ethyl adjacent to an activating group) is 1. The highest BCUT2D eigenvalue weighted by Gasteiger charge is 2.25. The fraction of sp³-hybridized carbons (Fsp3) is 0.300. The first kappa shape index (κ1) is 17.6. The van der Waals surface area contributed by atoms with E-state index >= 15 is 0 Å². The summed E-state index contributed by atoms with van der Waals surface area (Å²) < 4.78 is 1.75. The first-order chi connectivity index (χ1) is 14.1. The molecule has 1 aliphatic heterocycles. The smallest absolute Gasteiger partial charge is 0.275 e. The number of amides is 1. The van der Waals surface area contributed by atoms with Gasteiger partial charge in [-0.25, -0.2) is 0 Å². The van der Waals surface area contributed by atoms with Gasteiger partial charge in [-0.1, -0.05) is 0 Å². The van der Waals surface area contributed by atoms with Gasteiger partial charge < -0.3 is 15.1 Å². The number of H-pyrrole nitrogens is 1. The molecule has 0 bridgehead atoms. The van der Waals surface area contributed by atoms with Crippen molar-refractivity contribution in [2.75, 3.05) is 38.5 Å². The second-order valence-corrected chi connectivity index (χ2v) is 7.40. The summed E-state index contributed by atoms with van der Waals surface area (Å²) in [6.45, 7) is 3.23. The van der Waals surface area contributed by atoms with Crippen molar-refractivity contribution in [1.82, 2.24) is 34.8 Å². The Hall–Kier alpha value is -3.46. The van der Waals surface area contributed by atoms with E-state index in [1.165, 1.54) is 0 Å². The predicted octanol–water partition coefficient (Wildman–Crippen LogP) is 1.98. The molecule has 1 amide bonds. The Bertz CT molecular complexity index is 1200. The van der Waals surface area contributed by atoms with Crippen molar-refractivity contribution in [3.8, 4) is 0 Å². The number of nitrogens with zero attached hydrogens (tertiary/aromatic N) is 6. The normalized spacial score (nSPS) is 15.3. The summed E-state index contributed by atoms with van der Waals surface area (Å²) in [7, 11) is 3.93. The number of aromatic nitrogens is 5. The Morgan fingerprint density at radius 3 is 2.79 bits per heavy atom. The zero-order valence-electron chi connectivity index (χ0n) is 16.4. The van der Waals surface area contributed by atoms with Gasteiger partial charge in [-0.3, -0.25) is 19.6 Å². The summed E-state index contributed by atoms with van der Waals surface area (Å²) in [5.74, 6) is 0.655. The van der Waals surface area contributed by atoms with E-state index in [2.05, 4.69) is 37.5 Å². The van der Waals surface area contributed by atoms with E-state index in [9.17, 15) is 4.79 Å². The summed E-state index contributed by atoms with van der Waals surface area (Å²) in [6.07, 6.45) is 1.74. The maximum Gasteiger partial charge on any atom is 0.275 e. The molecule has 0 aliphatic carbocycles. The summed E-state index contributed by atoms with van der Waals surface area (Å²) in [4.78, 5) is 21.5. The molecule has 148 valence electrons. The fourth-order valence-electron chi connectivity index (χ4n) is 3.73. The Kier molecular flexibility index (Phi) is 4.17. The maximum atomic E-state index is 13.0. The first-order valence-electron chi connectivity index (χ1n) is 9.61. The molecule has 0 saturated carbocycles. The number of carbonyl (C=O) groups excluding carboxylic acids is 1. The molecular formula is C20H22N8O. The molecule has 9 heteroatoms. The molecule has 0 radical (unpaired) electrons. The number of pyridine rings is 1. The molecule has 29 heavy (non-hydrogen) atoms.